The number of aromatic nitrogens is 1. The van der Waals surface area contributed by atoms with Crippen LogP contribution in [0.4, 0.5) is 5.13 Å². The van der Waals surface area contributed by atoms with Crippen LogP contribution >= 0.6 is 11.3 Å². The zero-order valence-corrected chi connectivity index (χ0v) is 12.2. The minimum atomic E-state index is -0.342. The fraction of sp³-hybridized carbons (Fsp3) is 0.615. The second-order valence-electron chi connectivity index (χ2n) is 5.41. The molecule has 1 aliphatic carbocycles. The number of thiazole rings is 1. The van der Waals surface area contributed by atoms with E-state index in [-0.39, 0.29) is 17.9 Å². The van der Waals surface area contributed by atoms with Gasteiger partial charge in [0.25, 0.3) is 5.91 Å². The van der Waals surface area contributed by atoms with Crippen LogP contribution in [0.5, 0.6) is 0 Å². The summed E-state index contributed by atoms with van der Waals surface area (Å²) in [4.78, 5) is 31.0. The third kappa shape index (κ3) is 2.49. The van der Waals surface area contributed by atoms with E-state index in [1.54, 1.807) is 11.8 Å². The molecule has 1 atom stereocenters. The molecule has 1 aromatic rings. The smallest absolute Gasteiger partial charge is 0.266 e. The zero-order valence-electron chi connectivity index (χ0n) is 11.4. The number of nitrogen functional groups attached to an aromatic ring is 1. The van der Waals surface area contributed by atoms with Crippen molar-refractivity contribution < 1.29 is 9.59 Å². The van der Waals surface area contributed by atoms with E-state index in [9.17, 15) is 9.59 Å². The largest absolute Gasteiger partial charge is 0.375 e. The SMILES string of the molecule is Cc1nc(N)sc1C(=O)N1CCCC1C(=O)NC1CC1. The quantitative estimate of drug-likeness (QED) is 0.867. The van der Waals surface area contributed by atoms with Crippen molar-refractivity contribution in [3.05, 3.63) is 10.6 Å². The van der Waals surface area contributed by atoms with Crippen molar-refractivity contribution >= 4 is 28.3 Å². The number of amides is 2. The Bertz CT molecular complexity index is 553. The standard InChI is InChI=1S/C13H18N4O2S/c1-7-10(20-13(14)15-7)12(19)17-6-2-3-9(17)11(18)16-8-4-5-8/h8-9H,2-6H2,1H3,(H2,14,15)(H,16,18). The summed E-state index contributed by atoms with van der Waals surface area (Å²) in [7, 11) is 0. The predicted molar refractivity (Wildman–Crippen MR) is 76.5 cm³/mol. The van der Waals surface area contributed by atoms with E-state index in [2.05, 4.69) is 10.3 Å². The van der Waals surface area contributed by atoms with E-state index >= 15 is 0 Å². The molecule has 1 saturated carbocycles. The predicted octanol–water partition coefficient (Wildman–Crippen LogP) is 0.917. The highest BCUT2D eigenvalue weighted by Crippen LogP contribution is 2.27. The molecular weight excluding hydrogens is 276 g/mol. The molecule has 1 unspecified atom stereocenters. The van der Waals surface area contributed by atoms with Crippen LogP contribution in [0.3, 0.4) is 0 Å². The Balaban J connectivity index is 1.75. The van der Waals surface area contributed by atoms with E-state index in [4.69, 9.17) is 5.73 Å². The monoisotopic (exact) mass is 294 g/mol. The molecule has 2 aliphatic rings. The number of aryl methyl sites for hydroxylation is 1. The van der Waals surface area contributed by atoms with Gasteiger partial charge in [0.2, 0.25) is 5.91 Å². The maximum Gasteiger partial charge on any atom is 0.266 e. The Labute approximate surface area is 121 Å². The van der Waals surface area contributed by atoms with Crippen molar-refractivity contribution in [1.29, 1.82) is 0 Å². The molecule has 0 spiro atoms. The van der Waals surface area contributed by atoms with Crippen LogP contribution in [0.1, 0.15) is 41.0 Å². The molecule has 20 heavy (non-hydrogen) atoms. The number of anilines is 1. The number of hydrogen-bond acceptors (Lipinski definition) is 5. The summed E-state index contributed by atoms with van der Waals surface area (Å²) < 4.78 is 0. The normalized spacial score (nSPS) is 22.1. The Hall–Kier alpha value is -1.63. The number of carbonyl (C=O) groups is 2. The minimum Gasteiger partial charge on any atom is -0.375 e. The molecule has 3 rings (SSSR count). The molecule has 0 radical (unpaired) electrons. The van der Waals surface area contributed by atoms with E-state index in [0.717, 1.165) is 25.7 Å². The van der Waals surface area contributed by atoms with E-state index in [1.165, 1.54) is 11.3 Å². The van der Waals surface area contributed by atoms with Gasteiger partial charge in [0.05, 0.1) is 5.69 Å². The molecule has 1 saturated heterocycles. The molecule has 7 heteroatoms. The van der Waals surface area contributed by atoms with Gasteiger partial charge in [-0.2, -0.15) is 0 Å². The lowest BCUT2D eigenvalue weighted by atomic mass is 10.2. The number of rotatable bonds is 3. The van der Waals surface area contributed by atoms with Gasteiger partial charge in [-0.15, -0.1) is 0 Å². The number of hydrogen-bond donors (Lipinski definition) is 2. The van der Waals surface area contributed by atoms with Crippen LogP contribution in [-0.2, 0) is 4.79 Å². The van der Waals surface area contributed by atoms with Crippen molar-refractivity contribution in [2.75, 3.05) is 12.3 Å². The minimum absolute atomic E-state index is 0.0199. The Kier molecular flexibility index (Phi) is 3.37. The van der Waals surface area contributed by atoms with Crippen molar-refractivity contribution in [2.24, 2.45) is 0 Å². The molecular formula is C13H18N4O2S. The molecule has 2 heterocycles. The molecule has 3 N–H and O–H groups in total. The summed E-state index contributed by atoms with van der Waals surface area (Å²) in [5.74, 6) is -0.140. The molecule has 2 fully saturated rings. The van der Waals surface area contributed by atoms with E-state index in [1.807, 2.05) is 0 Å². The summed E-state index contributed by atoms with van der Waals surface area (Å²) in [6.07, 6.45) is 3.70. The van der Waals surface area contributed by atoms with E-state index in [0.29, 0.717) is 28.3 Å². The van der Waals surface area contributed by atoms with Crippen LogP contribution in [0.25, 0.3) is 0 Å². The first kappa shape index (κ1) is 13.4. The Morgan fingerprint density at radius 3 is 2.75 bits per heavy atom. The van der Waals surface area contributed by atoms with Crippen molar-refractivity contribution in [1.82, 2.24) is 15.2 Å². The second kappa shape index (κ2) is 5.05. The second-order valence-corrected chi connectivity index (χ2v) is 6.44. The van der Waals surface area contributed by atoms with Crippen LogP contribution < -0.4 is 11.1 Å². The molecule has 6 nitrogen and oxygen atoms in total. The lowest BCUT2D eigenvalue weighted by molar-refractivity contribution is -0.125. The fourth-order valence-electron chi connectivity index (χ4n) is 2.55. The maximum atomic E-state index is 12.6. The van der Waals surface area contributed by atoms with Crippen molar-refractivity contribution in [2.45, 2.75) is 44.7 Å². The van der Waals surface area contributed by atoms with Gasteiger partial charge in [-0.3, -0.25) is 9.59 Å². The molecule has 1 aromatic heterocycles. The summed E-state index contributed by atoms with van der Waals surface area (Å²) in [5.41, 5.74) is 6.29. The lowest BCUT2D eigenvalue weighted by Gasteiger charge is -2.23. The van der Waals surface area contributed by atoms with Gasteiger partial charge in [0.1, 0.15) is 10.9 Å². The van der Waals surface area contributed by atoms with Gasteiger partial charge in [-0.1, -0.05) is 11.3 Å². The molecule has 0 aromatic carbocycles. The summed E-state index contributed by atoms with van der Waals surface area (Å²) >= 11 is 1.19. The highest BCUT2D eigenvalue weighted by Gasteiger charge is 2.37. The number of carbonyl (C=O) groups excluding carboxylic acids is 2. The first-order valence-corrected chi connectivity index (χ1v) is 7.72. The first-order valence-electron chi connectivity index (χ1n) is 6.90. The van der Waals surface area contributed by atoms with Gasteiger partial charge in [-0.05, 0) is 32.6 Å². The Morgan fingerprint density at radius 2 is 2.15 bits per heavy atom. The maximum absolute atomic E-state index is 12.6. The van der Waals surface area contributed by atoms with Crippen molar-refractivity contribution in [3.8, 4) is 0 Å². The van der Waals surface area contributed by atoms with Gasteiger partial charge < -0.3 is 16.0 Å². The van der Waals surface area contributed by atoms with Crippen LogP contribution in [0.15, 0.2) is 0 Å². The van der Waals surface area contributed by atoms with E-state index < -0.39 is 0 Å². The first-order chi connectivity index (χ1) is 9.56. The average Bonchev–Trinajstić information content (AvgIpc) is 2.96. The lowest BCUT2D eigenvalue weighted by Crippen LogP contribution is -2.46. The third-order valence-electron chi connectivity index (χ3n) is 3.75. The number of nitrogens with two attached hydrogens (primary N) is 1. The topological polar surface area (TPSA) is 88.3 Å². The molecule has 2 amide bonds. The number of likely N-dealkylation sites (tertiary alicyclic amines) is 1. The average molecular weight is 294 g/mol. The highest BCUT2D eigenvalue weighted by molar-refractivity contribution is 7.17. The number of nitrogens with one attached hydrogen (secondary N) is 1. The van der Waals surface area contributed by atoms with Crippen molar-refractivity contribution in [3.63, 3.8) is 0 Å². The highest BCUT2D eigenvalue weighted by atomic mass is 32.1. The Morgan fingerprint density at radius 1 is 1.40 bits per heavy atom. The fourth-order valence-corrected chi connectivity index (χ4v) is 3.34. The molecule has 108 valence electrons. The van der Waals surface area contributed by atoms with Crippen LogP contribution in [0, 0.1) is 6.92 Å². The van der Waals surface area contributed by atoms with Gasteiger partial charge in [-0.25, -0.2) is 4.98 Å². The molecule has 0 bridgehead atoms. The summed E-state index contributed by atoms with van der Waals surface area (Å²) in [6.45, 7) is 2.40. The number of nitrogens with zero attached hydrogens (tertiary/aromatic N) is 2. The van der Waals surface area contributed by atoms with Crippen LogP contribution in [-0.4, -0.2) is 40.3 Å². The summed E-state index contributed by atoms with van der Waals surface area (Å²) in [6, 6.07) is -0.0216. The van der Waals surface area contributed by atoms with Gasteiger partial charge >= 0.3 is 0 Å². The molecule has 1 aliphatic heterocycles. The zero-order chi connectivity index (χ0) is 14.3. The summed E-state index contributed by atoms with van der Waals surface area (Å²) in [5, 5.41) is 3.37. The third-order valence-corrected chi connectivity index (χ3v) is 4.72. The van der Waals surface area contributed by atoms with Gasteiger partial charge in [0.15, 0.2) is 5.13 Å². The van der Waals surface area contributed by atoms with Crippen LogP contribution in [0.2, 0.25) is 0 Å². The van der Waals surface area contributed by atoms with Gasteiger partial charge in [0, 0.05) is 12.6 Å².